The number of nitrogens with zero attached hydrogens (tertiary/aromatic N) is 2. The van der Waals surface area contributed by atoms with Crippen LogP contribution in [-0.4, -0.2) is 48.8 Å². The first-order valence-corrected chi connectivity index (χ1v) is 5.81. The fraction of sp³-hybridized carbons (Fsp3) is 0.909. The van der Waals surface area contributed by atoms with Crippen LogP contribution >= 0.6 is 0 Å². The summed E-state index contributed by atoms with van der Waals surface area (Å²) in [5.41, 5.74) is 5.40. The Kier molecular flexibility index (Phi) is 8.94. The van der Waals surface area contributed by atoms with Crippen molar-refractivity contribution in [3.8, 4) is 0 Å². The monoisotopic (exact) mass is 231 g/mol. The predicted molar refractivity (Wildman–Crippen MR) is 65.8 cm³/mol. The maximum Gasteiger partial charge on any atom is 0.139 e. The second-order valence-electron chi connectivity index (χ2n) is 4.17. The van der Waals surface area contributed by atoms with Crippen LogP contribution in [0.15, 0.2) is 5.16 Å². The number of nitrogens with two attached hydrogens (primary N) is 1. The van der Waals surface area contributed by atoms with E-state index in [1.165, 1.54) is 0 Å². The van der Waals surface area contributed by atoms with Crippen molar-refractivity contribution in [1.82, 2.24) is 4.90 Å². The average Bonchev–Trinajstić information content (AvgIpc) is 2.27. The van der Waals surface area contributed by atoms with Gasteiger partial charge >= 0.3 is 0 Å². The minimum absolute atomic E-state index is 0.313. The van der Waals surface area contributed by atoms with Gasteiger partial charge in [0, 0.05) is 26.1 Å². The Morgan fingerprint density at radius 3 is 2.56 bits per heavy atom. The number of rotatable bonds is 9. The highest BCUT2D eigenvalue weighted by Crippen LogP contribution is 2.03. The molecule has 0 heterocycles. The topological polar surface area (TPSA) is 71.1 Å². The summed E-state index contributed by atoms with van der Waals surface area (Å²) in [5.74, 6) is 0.313. The molecular formula is C11H25N3O2. The van der Waals surface area contributed by atoms with Crippen molar-refractivity contribution < 1.29 is 9.94 Å². The molecule has 96 valence electrons. The van der Waals surface area contributed by atoms with Gasteiger partial charge in [0.05, 0.1) is 6.61 Å². The molecule has 0 rings (SSSR count). The maximum absolute atomic E-state index is 8.38. The Morgan fingerprint density at radius 1 is 1.38 bits per heavy atom. The summed E-state index contributed by atoms with van der Waals surface area (Å²) in [5, 5.41) is 11.3. The van der Waals surface area contributed by atoms with Gasteiger partial charge in [0.15, 0.2) is 0 Å². The molecule has 0 saturated carbocycles. The normalized spacial score (nSPS) is 12.7. The number of hydrogen-bond donors (Lipinski definition) is 2. The van der Waals surface area contributed by atoms with Gasteiger partial charge in [-0.15, -0.1) is 0 Å². The molecule has 0 fully saturated rings. The fourth-order valence-corrected chi connectivity index (χ4v) is 1.51. The average molecular weight is 231 g/mol. The summed E-state index contributed by atoms with van der Waals surface area (Å²) in [6.07, 6.45) is 2.66. The molecule has 0 bridgehead atoms. The molecule has 3 N–H and O–H groups in total. The molecule has 0 radical (unpaired) electrons. The molecule has 0 spiro atoms. The van der Waals surface area contributed by atoms with Gasteiger partial charge in [0.1, 0.15) is 5.84 Å². The van der Waals surface area contributed by atoms with Crippen molar-refractivity contribution in [3.05, 3.63) is 0 Å². The van der Waals surface area contributed by atoms with E-state index < -0.39 is 0 Å². The zero-order valence-electron chi connectivity index (χ0n) is 10.6. The molecule has 5 heteroatoms. The van der Waals surface area contributed by atoms with Gasteiger partial charge in [-0.2, -0.15) is 0 Å². The van der Waals surface area contributed by atoms with Gasteiger partial charge in [0.25, 0.3) is 0 Å². The SMILES string of the molecule is COCCN(CCCCC(N)=NO)C(C)C. The molecule has 0 aromatic carbocycles. The Bertz CT molecular complexity index is 196. The van der Waals surface area contributed by atoms with Crippen LogP contribution in [0.1, 0.15) is 33.1 Å². The summed E-state index contributed by atoms with van der Waals surface area (Å²) in [6, 6.07) is 0.527. The molecule has 0 atom stereocenters. The summed E-state index contributed by atoms with van der Waals surface area (Å²) < 4.78 is 5.07. The zero-order valence-corrected chi connectivity index (χ0v) is 10.6. The minimum Gasteiger partial charge on any atom is -0.409 e. The lowest BCUT2D eigenvalue weighted by atomic mass is 10.2. The van der Waals surface area contributed by atoms with Crippen LogP contribution in [-0.2, 0) is 4.74 Å². The Balaban J connectivity index is 3.67. The molecule has 0 unspecified atom stereocenters. The number of oxime groups is 1. The largest absolute Gasteiger partial charge is 0.409 e. The molecule has 16 heavy (non-hydrogen) atoms. The van der Waals surface area contributed by atoms with Gasteiger partial charge in [-0.05, 0) is 33.2 Å². The van der Waals surface area contributed by atoms with E-state index in [-0.39, 0.29) is 0 Å². The number of ether oxygens (including phenoxy) is 1. The number of methoxy groups -OCH3 is 1. The van der Waals surface area contributed by atoms with Crippen LogP contribution < -0.4 is 5.73 Å². The summed E-state index contributed by atoms with van der Waals surface area (Å²) in [6.45, 7) is 7.11. The zero-order chi connectivity index (χ0) is 12.4. The number of unbranched alkanes of at least 4 members (excludes halogenated alkanes) is 1. The van der Waals surface area contributed by atoms with Crippen molar-refractivity contribution >= 4 is 5.84 Å². The molecule has 0 aliphatic carbocycles. The number of amidine groups is 1. The molecule has 0 saturated heterocycles. The van der Waals surface area contributed by atoms with E-state index in [9.17, 15) is 0 Å². The minimum atomic E-state index is 0.313. The van der Waals surface area contributed by atoms with Crippen LogP contribution in [0.5, 0.6) is 0 Å². The molecule has 5 nitrogen and oxygen atoms in total. The molecule has 0 amide bonds. The molecule has 0 aliphatic rings. The van der Waals surface area contributed by atoms with Crippen molar-refractivity contribution in [2.75, 3.05) is 26.8 Å². The summed E-state index contributed by atoms with van der Waals surface area (Å²) in [4.78, 5) is 2.37. The van der Waals surface area contributed by atoms with Crippen LogP contribution in [0.25, 0.3) is 0 Å². The first kappa shape index (κ1) is 15.2. The smallest absolute Gasteiger partial charge is 0.139 e. The van der Waals surface area contributed by atoms with Crippen molar-refractivity contribution in [2.45, 2.75) is 39.2 Å². The third-order valence-corrected chi connectivity index (χ3v) is 2.57. The quantitative estimate of drug-likeness (QED) is 0.206. The highest BCUT2D eigenvalue weighted by Gasteiger charge is 2.08. The Labute approximate surface area is 98.2 Å². The van der Waals surface area contributed by atoms with Gasteiger partial charge < -0.3 is 15.7 Å². The molecule has 0 aromatic heterocycles. The van der Waals surface area contributed by atoms with E-state index in [2.05, 4.69) is 23.9 Å². The predicted octanol–water partition coefficient (Wildman–Crippen LogP) is 1.26. The lowest BCUT2D eigenvalue weighted by Gasteiger charge is -2.25. The lowest BCUT2D eigenvalue weighted by molar-refractivity contribution is 0.128. The standard InChI is InChI=1S/C11H25N3O2/c1-10(2)14(8-9-16-3)7-5-4-6-11(12)13-15/h10,15H,4-9H2,1-3H3,(H2,12,13). The fourth-order valence-electron chi connectivity index (χ4n) is 1.51. The van der Waals surface area contributed by atoms with Crippen molar-refractivity contribution in [1.29, 1.82) is 0 Å². The second kappa shape index (κ2) is 9.42. The third-order valence-electron chi connectivity index (χ3n) is 2.57. The lowest BCUT2D eigenvalue weighted by Crippen LogP contribution is -2.34. The van der Waals surface area contributed by atoms with Crippen molar-refractivity contribution in [3.63, 3.8) is 0 Å². The number of hydrogen-bond acceptors (Lipinski definition) is 4. The Hall–Kier alpha value is -0.810. The first-order valence-electron chi connectivity index (χ1n) is 5.81. The van der Waals surface area contributed by atoms with Crippen molar-refractivity contribution in [2.24, 2.45) is 10.9 Å². The van der Waals surface area contributed by atoms with Gasteiger partial charge in [0.2, 0.25) is 0 Å². The van der Waals surface area contributed by atoms with E-state index in [1.54, 1.807) is 7.11 Å². The maximum atomic E-state index is 8.38. The molecular weight excluding hydrogens is 206 g/mol. The summed E-state index contributed by atoms with van der Waals surface area (Å²) in [7, 11) is 1.72. The van der Waals surface area contributed by atoms with Crippen LogP contribution in [0.3, 0.4) is 0 Å². The summed E-state index contributed by atoms with van der Waals surface area (Å²) >= 11 is 0. The van der Waals surface area contributed by atoms with Crippen LogP contribution in [0.2, 0.25) is 0 Å². The van der Waals surface area contributed by atoms with E-state index in [0.29, 0.717) is 18.3 Å². The van der Waals surface area contributed by atoms with Crippen LogP contribution in [0, 0.1) is 0 Å². The van der Waals surface area contributed by atoms with E-state index in [4.69, 9.17) is 15.7 Å². The van der Waals surface area contributed by atoms with Gasteiger partial charge in [-0.3, -0.25) is 4.90 Å². The second-order valence-corrected chi connectivity index (χ2v) is 4.17. The van der Waals surface area contributed by atoms with E-state index in [1.807, 2.05) is 0 Å². The van der Waals surface area contributed by atoms with E-state index >= 15 is 0 Å². The van der Waals surface area contributed by atoms with E-state index in [0.717, 1.165) is 32.5 Å². The highest BCUT2D eigenvalue weighted by atomic mass is 16.5. The van der Waals surface area contributed by atoms with Gasteiger partial charge in [-0.1, -0.05) is 5.16 Å². The highest BCUT2D eigenvalue weighted by molar-refractivity contribution is 5.79. The Morgan fingerprint density at radius 2 is 2.06 bits per heavy atom. The first-order chi connectivity index (χ1) is 7.61. The van der Waals surface area contributed by atoms with Crippen LogP contribution in [0.4, 0.5) is 0 Å². The molecule has 0 aromatic rings. The third kappa shape index (κ3) is 7.48. The molecule has 0 aliphatic heterocycles. The van der Waals surface area contributed by atoms with Gasteiger partial charge in [-0.25, -0.2) is 0 Å².